The molecule has 2 aliphatic heterocycles. The Hall–Kier alpha value is -3.14. The van der Waals surface area contributed by atoms with Crippen LogP contribution in [-0.2, 0) is 29.0 Å². The Morgan fingerprint density at radius 1 is 1.15 bits per heavy atom. The number of esters is 1. The van der Waals surface area contributed by atoms with Crippen molar-refractivity contribution in [2.75, 3.05) is 37.7 Å². The molecule has 0 radical (unpaired) electrons. The van der Waals surface area contributed by atoms with Crippen LogP contribution in [0.4, 0.5) is 5.69 Å². The molecule has 9 nitrogen and oxygen atoms in total. The van der Waals surface area contributed by atoms with Gasteiger partial charge in [-0.1, -0.05) is 29.8 Å². The van der Waals surface area contributed by atoms with Crippen LogP contribution >= 0.6 is 11.6 Å². The van der Waals surface area contributed by atoms with Crippen LogP contribution in [0.15, 0.2) is 41.5 Å². The number of carbonyl (C=O) groups excluding carboxylic acids is 2. The van der Waals surface area contributed by atoms with Gasteiger partial charge >= 0.3 is 5.97 Å². The summed E-state index contributed by atoms with van der Waals surface area (Å²) in [5.41, 5.74) is 4.03. The third-order valence-corrected chi connectivity index (χ3v) is 6.56. The summed E-state index contributed by atoms with van der Waals surface area (Å²) in [5.74, 6) is 10.7. The van der Waals surface area contributed by atoms with Crippen molar-refractivity contribution in [3.8, 4) is 0 Å². The van der Waals surface area contributed by atoms with Gasteiger partial charge in [-0.15, -0.1) is 0 Å². The Balaban J connectivity index is 1.24. The maximum Gasteiger partial charge on any atom is 0.338 e. The van der Waals surface area contributed by atoms with Crippen molar-refractivity contribution >= 4 is 35.5 Å². The number of amides is 1. The molecular formula is C23H27ClN6O3. The summed E-state index contributed by atoms with van der Waals surface area (Å²) in [7, 11) is 0. The second-order valence-corrected chi connectivity index (χ2v) is 8.51. The van der Waals surface area contributed by atoms with Gasteiger partial charge in [-0.3, -0.25) is 14.7 Å². The number of ether oxygens (including phenoxy) is 1. The van der Waals surface area contributed by atoms with E-state index in [1.807, 2.05) is 35.2 Å². The number of hydrazine groups is 1. The Morgan fingerprint density at radius 3 is 2.58 bits per heavy atom. The van der Waals surface area contributed by atoms with E-state index in [0.717, 1.165) is 48.4 Å². The molecule has 10 heteroatoms. The van der Waals surface area contributed by atoms with Gasteiger partial charge in [0.15, 0.2) is 0 Å². The van der Waals surface area contributed by atoms with Crippen LogP contribution < -0.4 is 16.7 Å². The van der Waals surface area contributed by atoms with E-state index >= 15 is 0 Å². The lowest BCUT2D eigenvalue weighted by molar-refractivity contribution is -0.132. The average Bonchev–Trinajstić information content (AvgIpc) is 3.21. The number of fused-ring (bicyclic) bond motifs is 1. The highest BCUT2D eigenvalue weighted by Crippen LogP contribution is 2.30. The van der Waals surface area contributed by atoms with Crippen LogP contribution in [-0.4, -0.2) is 60.7 Å². The van der Waals surface area contributed by atoms with Gasteiger partial charge in [0.25, 0.3) is 0 Å². The zero-order valence-electron chi connectivity index (χ0n) is 18.2. The molecule has 0 aromatic heterocycles. The largest absolute Gasteiger partial charge is 0.457 e. The van der Waals surface area contributed by atoms with E-state index in [0.29, 0.717) is 30.1 Å². The smallest absolute Gasteiger partial charge is 0.338 e. The number of carbonyl (C=O) groups is 2. The summed E-state index contributed by atoms with van der Waals surface area (Å²) >= 11 is 6.50. The van der Waals surface area contributed by atoms with Crippen molar-refractivity contribution in [2.24, 2.45) is 16.8 Å². The van der Waals surface area contributed by atoms with Crippen molar-refractivity contribution in [3.63, 3.8) is 0 Å². The number of benzene rings is 2. The fourth-order valence-corrected chi connectivity index (χ4v) is 4.43. The number of piperazine rings is 1. The summed E-state index contributed by atoms with van der Waals surface area (Å²) in [6.45, 7) is 4.11. The lowest BCUT2D eigenvalue weighted by Crippen LogP contribution is -2.49. The lowest BCUT2D eigenvalue weighted by atomic mass is 10.0. The fraction of sp³-hybridized carbons (Fsp3) is 0.348. The normalized spacial score (nSPS) is 16.2. The van der Waals surface area contributed by atoms with E-state index in [4.69, 9.17) is 28.0 Å². The van der Waals surface area contributed by atoms with Gasteiger partial charge in [0, 0.05) is 38.3 Å². The number of rotatable bonds is 7. The zero-order valence-corrected chi connectivity index (χ0v) is 19.0. The standard InChI is InChI=1S/C23H27ClN6O3/c24-22-17(3-6-19-20(22)14-33-23(19)32)7-8-28-9-11-29(12-10-28)21(31)13-16-1-4-18(5-2-16)30(26)15-27-25/h1-6,15H,7-14,25-26H2/b27-15-. The maximum atomic E-state index is 12.7. The van der Waals surface area contributed by atoms with Crippen molar-refractivity contribution < 1.29 is 14.3 Å². The van der Waals surface area contributed by atoms with Crippen LogP contribution in [0.3, 0.4) is 0 Å². The van der Waals surface area contributed by atoms with Crippen molar-refractivity contribution in [3.05, 3.63) is 63.7 Å². The number of cyclic esters (lactones) is 1. The van der Waals surface area contributed by atoms with E-state index in [1.54, 1.807) is 6.07 Å². The molecule has 4 rings (SSSR count). The molecule has 0 unspecified atom stereocenters. The van der Waals surface area contributed by atoms with Gasteiger partial charge in [0.2, 0.25) is 5.91 Å². The highest BCUT2D eigenvalue weighted by molar-refractivity contribution is 6.32. The first-order valence-corrected chi connectivity index (χ1v) is 11.2. The fourth-order valence-electron chi connectivity index (χ4n) is 4.12. The van der Waals surface area contributed by atoms with Gasteiger partial charge in [-0.25, -0.2) is 10.6 Å². The molecule has 1 saturated heterocycles. The van der Waals surface area contributed by atoms with Gasteiger partial charge in [0.1, 0.15) is 12.9 Å². The summed E-state index contributed by atoms with van der Waals surface area (Å²) in [6.07, 6.45) is 2.45. The van der Waals surface area contributed by atoms with Crippen LogP contribution in [0.1, 0.15) is 27.0 Å². The van der Waals surface area contributed by atoms with Crippen molar-refractivity contribution in [1.82, 2.24) is 9.80 Å². The molecule has 2 heterocycles. The summed E-state index contributed by atoms with van der Waals surface area (Å²) in [5, 5.41) is 5.33. The molecule has 0 aliphatic carbocycles. The molecule has 0 atom stereocenters. The van der Waals surface area contributed by atoms with E-state index in [9.17, 15) is 9.59 Å². The first-order chi connectivity index (χ1) is 16.0. The molecule has 0 bridgehead atoms. The third-order valence-electron chi connectivity index (χ3n) is 6.09. The first kappa shape index (κ1) is 23.0. The molecular weight excluding hydrogens is 444 g/mol. The minimum atomic E-state index is -0.308. The molecule has 2 aliphatic rings. The van der Waals surface area contributed by atoms with E-state index in [1.165, 1.54) is 11.3 Å². The summed E-state index contributed by atoms with van der Waals surface area (Å²) < 4.78 is 5.07. The predicted molar refractivity (Wildman–Crippen MR) is 127 cm³/mol. The van der Waals surface area contributed by atoms with Gasteiger partial charge in [-0.2, -0.15) is 5.10 Å². The van der Waals surface area contributed by atoms with E-state index in [-0.39, 0.29) is 18.5 Å². The number of hydrogen-bond donors (Lipinski definition) is 2. The average molecular weight is 471 g/mol. The number of halogens is 1. The number of hydrazone groups is 1. The van der Waals surface area contributed by atoms with Crippen LogP contribution in [0.2, 0.25) is 5.02 Å². The van der Waals surface area contributed by atoms with Gasteiger partial charge in [0.05, 0.1) is 22.7 Å². The number of hydrogen-bond acceptors (Lipinski definition) is 7. The predicted octanol–water partition coefficient (Wildman–Crippen LogP) is 1.52. The van der Waals surface area contributed by atoms with Gasteiger partial charge in [-0.05, 0) is 35.7 Å². The highest BCUT2D eigenvalue weighted by atomic mass is 35.5. The monoisotopic (exact) mass is 470 g/mol. The first-order valence-electron chi connectivity index (χ1n) is 10.8. The molecule has 174 valence electrons. The van der Waals surface area contributed by atoms with Crippen LogP contribution in [0.25, 0.3) is 0 Å². The number of nitrogens with zero attached hydrogens (tertiary/aromatic N) is 4. The Morgan fingerprint density at radius 2 is 1.88 bits per heavy atom. The van der Waals surface area contributed by atoms with Gasteiger partial charge < -0.3 is 15.5 Å². The minimum Gasteiger partial charge on any atom is -0.457 e. The number of anilines is 1. The summed E-state index contributed by atoms with van der Waals surface area (Å²) in [4.78, 5) is 28.6. The molecule has 2 aromatic rings. The van der Waals surface area contributed by atoms with Crippen LogP contribution in [0.5, 0.6) is 0 Å². The van der Waals surface area contributed by atoms with E-state index in [2.05, 4.69) is 10.0 Å². The van der Waals surface area contributed by atoms with E-state index < -0.39 is 0 Å². The SMILES string of the molecule is N/N=C\N(N)c1ccc(CC(=O)N2CCN(CCc3ccc4c(c3Cl)COC4=O)CC2)cc1. The molecule has 4 N–H and O–H groups in total. The van der Waals surface area contributed by atoms with Crippen molar-refractivity contribution in [2.45, 2.75) is 19.4 Å². The van der Waals surface area contributed by atoms with Crippen LogP contribution in [0, 0.1) is 0 Å². The number of nitrogens with two attached hydrogens (primary N) is 2. The second-order valence-electron chi connectivity index (χ2n) is 8.13. The topological polar surface area (TPSA) is 117 Å². The molecule has 1 amide bonds. The molecule has 1 fully saturated rings. The van der Waals surface area contributed by atoms with Crippen molar-refractivity contribution in [1.29, 1.82) is 0 Å². The summed E-state index contributed by atoms with van der Waals surface area (Å²) in [6, 6.07) is 11.1. The maximum absolute atomic E-state index is 12.7. The molecule has 2 aromatic carbocycles. The molecule has 0 saturated carbocycles. The second kappa shape index (κ2) is 10.2. The third kappa shape index (κ3) is 5.27. The zero-order chi connectivity index (χ0) is 23.4. The minimum absolute atomic E-state index is 0.113. The molecule has 0 spiro atoms. The lowest BCUT2D eigenvalue weighted by Gasteiger charge is -2.35. The Kier molecular flexibility index (Phi) is 7.12. The quantitative estimate of drug-likeness (QED) is 0.207. The highest BCUT2D eigenvalue weighted by Gasteiger charge is 2.26. The molecule has 33 heavy (non-hydrogen) atoms. The Labute approximate surface area is 197 Å². The Bertz CT molecular complexity index is 1050.